The highest BCUT2D eigenvalue weighted by atomic mass is 16.3. The van der Waals surface area contributed by atoms with Crippen LogP contribution in [0.2, 0.25) is 0 Å². The van der Waals surface area contributed by atoms with Crippen LogP contribution in [-0.4, -0.2) is 0 Å². The zero-order chi connectivity index (χ0) is 49.8. The summed E-state index contributed by atoms with van der Waals surface area (Å²) < 4.78 is 27.9. The summed E-state index contributed by atoms with van der Waals surface area (Å²) in [5.74, 6) is -0.174. The van der Waals surface area contributed by atoms with Crippen molar-refractivity contribution < 1.29 is 17.7 Å². The Labute approximate surface area is 435 Å². The maximum atomic E-state index is 7.29. The van der Waals surface area contributed by atoms with Crippen molar-refractivity contribution in [2.45, 2.75) is 0 Å². The molecule has 2 aliphatic carbocycles. The summed E-state index contributed by atoms with van der Waals surface area (Å²) in [6.45, 7) is 0. The van der Waals surface area contributed by atoms with E-state index in [4.69, 9.17) is 17.7 Å². The quantitative estimate of drug-likeness (QED) is 0.151. The Hall–Kier alpha value is -10.0. The first-order valence-corrected chi connectivity index (χ1v) is 25.9. The predicted molar refractivity (Wildman–Crippen MR) is 309 cm³/mol. The van der Waals surface area contributed by atoms with Gasteiger partial charge in [0, 0.05) is 89.2 Å². The molecule has 6 nitrogen and oxygen atoms in total. The zero-order valence-electron chi connectivity index (χ0n) is 40.9. The molecule has 2 atom stereocenters. The van der Waals surface area contributed by atoms with Crippen molar-refractivity contribution in [2.24, 2.45) is 11.8 Å². The van der Waals surface area contributed by atoms with Crippen LogP contribution in [0.1, 0.15) is 11.1 Å². The van der Waals surface area contributed by atoms with Gasteiger partial charge in [-0.3, -0.25) is 0 Å². The number of furan rings is 4. The molecule has 16 rings (SSSR count). The van der Waals surface area contributed by atoms with Gasteiger partial charge in [0.05, 0.1) is 22.7 Å². The van der Waals surface area contributed by atoms with Gasteiger partial charge in [0.25, 0.3) is 0 Å². The van der Waals surface area contributed by atoms with Gasteiger partial charge in [0.2, 0.25) is 0 Å². The number of benzene rings is 10. The van der Waals surface area contributed by atoms with Crippen molar-refractivity contribution in [1.82, 2.24) is 0 Å². The lowest BCUT2D eigenvalue weighted by atomic mass is 9.71. The number of anilines is 6. The second-order valence-corrected chi connectivity index (χ2v) is 19.8. The lowest BCUT2D eigenvalue weighted by Crippen LogP contribution is -2.41. The van der Waals surface area contributed by atoms with Crippen LogP contribution in [0.5, 0.6) is 0 Å². The SMILES string of the molecule is C1=c2c(oc3cc(N(c4ccccc4)c4cccc5c4oc4ccccc45)ccc23)=C(c2ccccc2)C2C=c3c(oc4cc(N(c5ccccc5)c5cccc6c5oc5ccccc56)ccc34)=C(c3ccccc3)C12. The predicted octanol–water partition coefficient (Wildman–Crippen LogP) is 15.8. The van der Waals surface area contributed by atoms with Gasteiger partial charge in [-0.15, -0.1) is 0 Å². The summed E-state index contributed by atoms with van der Waals surface area (Å²) in [4.78, 5) is 4.55. The summed E-state index contributed by atoms with van der Waals surface area (Å²) in [5, 5.41) is 8.58. The van der Waals surface area contributed by atoms with Crippen LogP contribution in [-0.2, 0) is 0 Å². The van der Waals surface area contributed by atoms with E-state index in [2.05, 4.69) is 240 Å². The van der Waals surface area contributed by atoms with Crippen molar-refractivity contribution in [3.63, 3.8) is 0 Å². The molecule has 4 heterocycles. The van der Waals surface area contributed by atoms with E-state index in [1.165, 1.54) is 0 Å². The van der Waals surface area contributed by atoms with Gasteiger partial charge in [-0.25, -0.2) is 0 Å². The molecule has 0 bridgehead atoms. The molecule has 0 amide bonds. The van der Waals surface area contributed by atoms with E-state index in [0.717, 1.165) is 143 Å². The van der Waals surface area contributed by atoms with Crippen LogP contribution in [0.25, 0.3) is 89.1 Å². The molecule has 10 aromatic carbocycles. The van der Waals surface area contributed by atoms with Gasteiger partial charge in [0.15, 0.2) is 11.2 Å². The van der Waals surface area contributed by atoms with Crippen LogP contribution in [0.4, 0.5) is 34.1 Å². The van der Waals surface area contributed by atoms with E-state index in [-0.39, 0.29) is 11.8 Å². The standard InChI is InChI=1S/C70H44N2O4/c1-5-19-43(20-6-1)65-55-41-58-52-38-36-48(72(46-25-11-4-12-26-46)60-32-18-30-54-50-28-14-16-34-62(50)74-68(54)60)40-64(52)76-70(58)66(44-21-7-2-8-22-44)56(55)42-57-51-37-35-47(39-63(51)75-69(57)65)71(45-23-9-3-10-24-45)59-31-17-29-53-49-27-13-15-33-61(49)73-67(53)59/h1-42,55-56H. The summed E-state index contributed by atoms with van der Waals surface area (Å²) in [7, 11) is 0. The van der Waals surface area contributed by atoms with E-state index in [1.54, 1.807) is 0 Å². The Morgan fingerprint density at radius 3 is 1.09 bits per heavy atom. The minimum atomic E-state index is -0.0869. The lowest BCUT2D eigenvalue weighted by Gasteiger charge is -2.31. The topological polar surface area (TPSA) is 59.0 Å². The van der Waals surface area contributed by atoms with E-state index in [0.29, 0.717) is 0 Å². The maximum Gasteiger partial charge on any atom is 0.159 e. The Balaban J connectivity index is 0.907. The third-order valence-electron chi connectivity index (χ3n) is 15.6. The van der Waals surface area contributed by atoms with Crippen LogP contribution in [0.15, 0.2) is 260 Å². The molecule has 4 aromatic heterocycles. The van der Waals surface area contributed by atoms with Crippen LogP contribution in [0.3, 0.4) is 0 Å². The number of fused-ring (bicyclic) bond motifs is 13. The molecule has 76 heavy (non-hydrogen) atoms. The molecular weight excluding hydrogens is 933 g/mol. The Kier molecular flexibility index (Phi) is 9.36. The minimum Gasteiger partial charge on any atom is -0.456 e. The maximum absolute atomic E-state index is 7.29. The zero-order valence-corrected chi connectivity index (χ0v) is 40.9. The van der Waals surface area contributed by atoms with Crippen LogP contribution in [0, 0.1) is 11.8 Å². The van der Waals surface area contributed by atoms with Gasteiger partial charge in [-0.2, -0.15) is 0 Å². The molecule has 2 aliphatic rings. The van der Waals surface area contributed by atoms with Gasteiger partial charge < -0.3 is 27.5 Å². The van der Waals surface area contributed by atoms with Crippen molar-refractivity contribution in [1.29, 1.82) is 0 Å². The normalized spacial score (nSPS) is 15.0. The lowest BCUT2D eigenvalue weighted by molar-refractivity contribution is 0.545. The molecule has 358 valence electrons. The van der Waals surface area contributed by atoms with Crippen molar-refractivity contribution >= 4 is 123 Å². The second kappa shape index (κ2) is 16.7. The molecule has 14 aromatic rings. The summed E-state index contributed by atoms with van der Waals surface area (Å²) >= 11 is 0. The molecule has 0 N–H and O–H groups in total. The van der Waals surface area contributed by atoms with Crippen LogP contribution < -0.4 is 31.1 Å². The van der Waals surface area contributed by atoms with Crippen molar-refractivity contribution in [3.05, 3.63) is 275 Å². The minimum absolute atomic E-state index is 0.0869. The van der Waals surface area contributed by atoms with E-state index < -0.39 is 0 Å². The fraction of sp³-hybridized carbons (Fsp3) is 0.0286. The first-order valence-electron chi connectivity index (χ1n) is 25.9. The van der Waals surface area contributed by atoms with E-state index in [1.807, 2.05) is 24.3 Å². The summed E-state index contributed by atoms with van der Waals surface area (Å²) in [6.07, 6.45) is 4.88. The van der Waals surface area contributed by atoms with E-state index >= 15 is 0 Å². The highest BCUT2D eigenvalue weighted by Crippen LogP contribution is 2.46. The summed E-state index contributed by atoms with van der Waals surface area (Å²) in [6, 6.07) is 85.1. The second-order valence-electron chi connectivity index (χ2n) is 19.8. The number of nitrogens with zero attached hydrogens (tertiary/aromatic N) is 2. The fourth-order valence-corrected chi connectivity index (χ4v) is 12.3. The molecule has 6 heteroatoms. The Morgan fingerprint density at radius 2 is 0.658 bits per heavy atom. The smallest absolute Gasteiger partial charge is 0.159 e. The highest BCUT2D eigenvalue weighted by molar-refractivity contribution is 6.12. The number of hydrogen-bond donors (Lipinski definition) is 0. The number of para-hydroxylation sites is 6. The fourth-order valence-electron chi connectivity index (χ4n) is 12.3. The molecule has 0 fully saturated rings. The monoisotopic (exact) mass is 976 g/mol. The molecule has 0 radical (unpaired) electrons. The highest BCUT2D eigenvalue weighted by Gasteiger charge is 2.36. The van der Waals surface area contributed by atoms with Crippen molar-refractivity contribution in [3.8, 4) is 0 Å². The third kappa shape index (κ3) is 6.47. The average molecular weight is 977 g/mol. The molecule has 0 aliphatic heterocycles. The largest absolute Gasteiger partial charge is 0.456 e. The molecule has 0 spiro atoms. The van der Waals surface area contributed by atoms with Gasteiger partial charge in [-0.1, -0.05) is 170 Å². The molecular formula is C70H44N2O4. The van der Waals surface area contributed by atoms with E-state index in [9.17, 15) is 0 Å². The Morgan fingerprint density at radius 1 is 0.276 bits per heavy atom. The first-order chi connectivity index (χ1) is 37.7. The molecule has 0 saturated carbocycles. The Bertz CT molecular complexity index is 4580. The number of hydrogen-bond acceptors (Lipinski definition) is 6. The molecule has 2 unspecified atom stereocenters. The van der Waals surface area contributed by atoms with Crippen LogP contribution >= 0.6 is 0 Å². The van der Waals surface area contributed by atoms with Gasteiger partial charge >= 0.3 is 0 Å². The van der Waals surface area contributed by atoms with Crippen molar-refractivity contribution in [2.75, 3.05) is 9.80 Å². The summed E-state index contributed by atoms with van der Waals surface area (Å²) in [5.41, 5.74) is 17.1. The first kappa shape index (κ1) is 42.5. The average Bonchev–Trinajstić information content (AvgIpc) is 4.33. The number of rotatable bonds is 8. The molecule has 0 saturated heterocycles. The third-order valence-corrected chi connectivity index (χ3v) is 15.6. The van der Waals surface area contributed by atoms with Gasteiger partial charge in [0.1, 0.15) is 33.2 Å². The van der Waals surface area contributed by atoms with Gasteiger partial charge in [-0.05, 0) is 83.9 Å².